The fourth-order valence-electron chi connectivity index (χ4n) is 3.08. The van der Waals surface area contributed by atoms with Crippen molar-refractivity contribution in [1.29, 1.82) is 0 Å². The molecule has 1 fully saturated rings. The van der Waals surface area contributed by atoms with Gasteiger partial charge in [0.1, 0.15) is 5.82 Å². The van der Waals surface area contributed by atoms with Crippen LogP contribution in [0.5, 0.6) is 0 Å². The van der Waals surface area contributed by atoms with E-state index in [1.807, 2.05) is 6.07 Å². The Morgan fingerprint density at radius 1 is 1.30 bits per heavy atom. The van der Waals surface area contributed by atoms with Gasteiger partial charge in [0.05, 0.1) is 0 Å². The predicted molar refractivity (Wildman–Crippen MR) is 82.6 cm³/mol. The van der Waals surface area contributed by atoms with Crippen LogP contribution in [-0.4, -0.2) is 41.5 Å². The highest BCUT2D eigenvalue weighted by Crippen LogP contribution is 2.20. The van der Waals surface area contributed by atoms with Gasteiger partial charge in [-0.2, -0.15) is 0 Å². The van der Waals surface area contributed by atoms with Crippen molar-refractivity contribution in [3.05, 3.63) is 34.6 Å². The average molecular weight is 299 g/mol. The first kappa shape index (κ1) is 15.7. The Bertz CT molecular complexity index is 430. The van der Waals surface area contributed by atoms with Crippen molar-refractivity contribution in [3.63, 3.8) is 0 Å². The zero-order valence-electron chi connectivity index (χ0n) is 12.6. The summed E-state index contributed by atoms with van der Waals surface area (Å²) in [5.41, 5.74) is 0.961. The molecule has 0 radical (unpaired) electrons. The molecule has 1 aliphatic heterocycles. The molecule has 0 N–H and O–H groups in total. The van der Waals surface area contributed by atoms with Gasteiger partial charge in [-0.25, -0.2) is 4.39 Å². The Hall–Kier alpha value is -0.640. The molecule has 0 saturated carbocycles. The van der Waals surface area contributed by atoms with E-state index in [9.17, 15) is 4.39 Å². The third-order valence-electron chi connectivity index (χ3n) is 4.08. The number of benzene rings is 1. The molecule has 20 heavy (non-hydrogen) atoms. The van der Waals surface area contributed by atoms with Crippen molar-refractivity contribution >= 4 is 11.6 Å². The number of piperazine rings is 1. The zero-order valence-corrected chi connectivity index (χ0v) is 13.3. The second-order valence-electron chi connectivity index (χ2n) is 5.91. The Morgan fingerprint density at radius 3 is 2.65 bits per heavy atom. The molecule has 2 nitrogen and oxygen atoms in total. The molecule has 1 atom stereocenters. The average Bonchev–Trinajstić information content (AvgIpc) is 2.37. The summed E-state index contributed by atoms with van der Waals surface area (Å²) in [5.74, 6) is -0.250. The maximum Gasteiger partial charge on any atom is 0.125 e. The molecule has 1 aromatic carbocycles. The normalized spacial score (nSPS) is 21.6. The van der Waals surface area contributed by atoms with Crippen molar-refractivity contribution in [3.8, 4) is 0 Å². The minimum Gasteiger partial charge on any atom is -0.296 e. The largest absolute Gasteiger partial charge is 0.296 e. The molecule has 4 heteroatoms. The monoisotopic (exact) mass is 298 g/mol. The third kappa shape index (κ3) is 3.94. The summed E-state index contributed by atoms with van der Waals surface area (Å²) in [6.45, 7) is 10.7. The fourth-order valence-corrected chi connectivity index (χ4v) is 3.33. The van der Waals surface area contributed by atoms with Crippen molar-refractivity contribution in [2.75, 3.05) is 19.6 Å². The first-order chi connectivity index (χ1) is 9.49. The summed E-state index contributed by atoms with van der Waals surface area (Å²) in [6, 6.07) is 5.98. The maximum absolute atomic E-state index is 13.4. The van der Waals surface area contributed by atoms with Crippen LogP contribution in [0.15, 0.2) is 18.2 Å². The van der Waals surface area contributed by atoms with Crippen molar-refractivity contribution in [2.24, 2.45) is 0 Å². The van der Waals surface area contributed by atoms with E-state index in [2.05, 4.69) is 30.6 Å². The smallest absolute Gasteiger partial charge is 0.125 e. The highest BCUT2D eigenvalue weighted by Gasteiger charge is 2.27. The van der Waals surface area contributed by atoms with E-state index in [4.69, 9.17) is 11.6 Å². The SMILES string of the molecule is CC[C@H]1CN(Cc2cc(F)cc(Cl)c2)CCN1C(C)C. The molecular formula is C16H24ClFN2. The van der Waals surface area contributed by atoms with Crippen molar-refractivity contribution < 1.29 is 4.39 Å². The van der Waals surface area contributed by atoms with E-state index >= 15 is 0 Å². The topological polar surface area (TPSA) is 6.48 Å². The molecule has 1 aromatic rings. The molecule has 1 heterocycles. The lowest BCUT2D eigenvalue weighted by molar-refractivity contribution is 0.0456. The minimum absolute atomic E-state index is 0.250. The summed E-state index contributed by atoms with van der Waals surface area (Å²) in [5, 5.41) is 0.479. The number of halogens is 2. The maximum atomic E-state index is 13.4. The Kier molecular flexibility index (Phi) is 5.42. The van der Waals surface area contributed by atoms with Crippen LogP contribution in [0.1, 0.15) is 32.8 Å². The molecule has 0 spiro atoms. The lowest BCUT2D eigenvalue weighted by atomic mass is 10.1. The lowest BCUT2D eigenvalue weighted by Gasteiger charge is -2.43. The van der Waals surface area contributed by atoms with E-state index < -0.39 is 0 Å². The second-order valence-corrected chi connectivity index (χ2v) is 6.34. The standard InChI is InChI=1S/C16H24ClFN2/c1-4-16-11-19(5-6-20(16)12(2)3)10-13-7-14(17)9-15(18)8-13/h7-9,12,16H,4-6,10-11H2,1-3H3/t16-/m0/s1. The summed E-state index contributed by atoms with van der Waals surface area (Å²) in [4.78, 5) is 4.97. The van der Waals surface area contributed by atoms with Gasteiger partial charge < -0.3 is 0 Å². The van der Waals surface area contributed by atoms with Crippen LogP contribution in [0.3, 0.4) is 0 Å². The Balaban J connectivity index is 2.01. The highest BCUT2D eigenvalue weighted by atomic mass is 35.5. The lowest BCUT2D eigenvalue weighted by Crippen LogP contribution is -2.54. The van der Waals surface area contributed by atoms with Crippen molar-refractivity contribution in [1.82, 2.24) is 9.80 Å². The molecule has 2 rings (SSSR count). The summed E-state index contributed by atoms with van der Waals surface area (Å²) in [7, 11) is 0. The summed E-state index contributed by atoms with van der Waals surface area (Å²) >= 11 is 5.92. The molecular weight excluding hydrogens is 275 g/mol. The molecule has 1 saturated heterocycles. The summed E-state index contributed by atoms with van der Waals surface area (Å²) < 4.78 is 13.4. The number of hydrogen-bond acceptors (Lipinski definition) is 2. The third-order valence-corrected chi connectivity index (χ3v) is 4.29. The zero-order chi connectivity index (χ0) is 14.7. The van der Waals surface area contributed by atoms with Gasteiger partial charge in [0, 0.05) is 43.3 Å². The van der Waals surface area contributed by atoms with Gasteiger partial charge in [0.15, 0.2) is 0 Å². The quantitative estimate of drug-likeness (QED) is 0.834. The predicted octanol–water partition coefficient (Wildman–Crippen LogP) is 3.78. The van der Waals surface area contributed by atoms with E-state index in [1.165, 1.54) is 6.07 Å². The Morgan fingerprint density at radius 2 is 2.05 bits per heavy atom. The van der Waals surface area contributed by atoms with Crippen LogP contribution >= 0.6 is 11.6 Å². The number of rotatable bonds is 4. The molecule has 0 aliphatic carbocycles. The summed E-state index contributed by atoms with van der Waals surface area (Å²) in [6.07, 6.45) is 1.15. The molecule has 112 valence electrons. The first-order valence-electron chi connectivity index (χ1n) is 7.42. The highest BCUT2D eigenvalue weighted by molar-refractivity contribution is 6.30. The Labute approximate surface area is 126 Å². The fraction of sp³-hybridized carbons (Fsp3) is 0.625. The van der Waals surface area contributed by atoms with Crippen LogP contribution in [0, 0.1) is 5.82 Å². The van der Waals surface area contributed by atoms with Crippen LogP contribution in [0.25, 0.3) is 0 Å². The van der Waals surface area contributed by atoms with E-state index in [0.29, 0.717) is 17.1 Å². The molecule has 0 aromatic heterocycles. The van der Waals surface area contributed by atoms with Gasteiger partial charge >= 0.3 is 0 Å². The van der Waals surface area contributed by atoms with Crippen LogP contribution < -0.4 is 0 Å². The van der Waals surface area contributed by atoms with Crippen molar-refractivity contribution in [2.45, 2.75) is 45.8 Å². The molecule has 0 amide bonds. The van der Waals surface area contributed by atoms with Gasteiger partial charge in [0.2, 0.25) is 0 Å². The second kappa shape index (κ2) is 6.88. The number of nitrogens with zero attached hydrogens (tertiary/aromatic N) is 2. The molecule has 1 aliphatic rings. The van der Waals surface area contributed by atoms with E-state index in [-0.39, 0.29) is 5.82 Å². The molecule has 0 bridgehead atoms. The minimum atomic E-state index is -0.250. The van der Waals surface area contributed by atoms with Crippen LogP contribution in [-0.2, 0) is 6.54 Å². The van der Waals surface area contributed by atoms with Crippen LogP contribution in [0.4, 0.5) is 4.39 Å². The van der Waals surface area contributed by atoms with E-state index in [1.54, 1.807) is 6.07 Å². The van der Waals surface area contributed by atoms with Crippen LogP contribution in [0.2, 0.25) is 5.02 Å². The van der Waals surface area contributed by atoms with Gasteiger partial charge in [-0.05, 0) is 44.0 Å². The van der Waals surface area contributed by atoms with Gasteiger partial charge in [0.25, 0.3) is 0 Å². The van der Waals surface area contributed by atoms with E-state index in [0.717, 1.165) is 38.2 Å². The molecule has 0 unspecified atom stereocenters. The first-order valence-corrected chi connectivity index (χ1v) is 7.80. The number of hydrogen-bond donors (Lipinski definition) is 0. The van der Waals surface area contributed by atoms with Gasteiger partial charge in [-0.1, -0.05) is 18.5 Å². The van der Waals surface area contributed by atoms with Gasteiger partial charge in [-0.15, -0.1) is 0 Å². The van der Waals surface area contributed by atoms with Gasteiger partial charge in [-0.3, -0.25) is 9.80 Å².